The standard InChI is InChI=1S/C16H8BBr2F5N2/c18-13-7-5-11-15(9-1-3-10(4-2-9)16(20,21)22)12-6-8-14(19)26(12)17(23,24)25(11)13/h1-8H. The fourth-order valence-corrected chi connectivity index (χ4v) is 4.39. The van der Waals surface area contributed by atoms with Gasteiger partial charge in [0, 0.05) is 33.8 Å². The molecule has 0 amide bonds. The Morgan fingerprint density at radius 3 is 2.19 bits per heavy atom. The highest BCUT2D eigenvalue weighted by atomic mass is 79.9. The van der Waals surface area contributed by atoms with Crippen molar-refractivity contribution in [1.82, 2.24) is 4.48 Å². The summed E-state index contributed by atoms with van der Waals surface area (Å²) in [5, 5.41) is 0. The Kier molecular flexibility index (Phi) is 3.86. The van der Waals surface area contributed by atoms with E-state index in [2.05, 4.69) is 31.9 Å². The van der Waals surface area contributed by atoms with Crippen LogP contribution in [-0.2, 0) is 6.18 Å². The molecule has 0 atom stereocenters. The third-order valence-corrected chi connectivity index (χ3v) is 5.66. The molecule has 2 aromatic rings. The Balaban J connectivity index is 1.98. The molecule has 0 unspecified atom stereocenters. The Hall–Kier alpha value is -1.68. The van der Waals surface area contributed by atoms with Gasteiger partial charge in [-0.2, -0.15) is 13.2 Å². The third kappa shape index (κ3) is 2.45. The Morgan fingerprint density at radius 1 is 0.923 bits per heavy atom. The number of alkyl halides is 3. The molecular formula is C16H8BBr2F5N2. The van der Waals surface area contributed by atoms with Gasteiger partial charge in [-0.05, 0) is 45.8 Å². The lowest BCUT2D eigenvalue weighted by molar-refractivity contribution is -0.358. The molecule has 1 aromatic carbocycles. The molecule has 10 heteroatoms. The van der Waals surface area contributed by atoms with Crippen molar-refractivity contribution in [3.05, 3.63) is 75.7 Å². The topological polar surface area (TPSA) is 7.94 Å². The van der Waals surface area contributed by atoms with Gasteiger partial charge in [0.2, 0.25) is 4.62 Å². The fraction of sp³-hybridized carbons (Fsp3) is 0.0625. The molecule has 0 saturated carbocycles. The Labute approximate surface area is 161 Å². The van der Waals surface area contributed by atoms with Crippen LogP contribution in [0.1, 0.15) is 16.8 Å². The summed E-state index contributed by atoms with van der Waals surface area (Å²) in [5.41, 5.74) is 0.533. The molecule has 3 heterocycles. The van der Waals surface area contributed by atoms with Crippen molar-refractivity contribution >= 4 is 49.0 Å². The average Bonchev–Trinajstić information content (AvgIpc) is 3.12. The van der Waals surface area contributed by atoms with E-state index in [4.69, 9.17) is 0 Å². The second-order valence-corrected chi connectivity index (χ2v) is 7.49. The van der Waals surface area contributed by atoms with E-state index in [1.165, 1.54) is 36.4 Å². The molecule has 134 valence electrons. The van der Waals surface area contributed by atoms with E-state index in [9.17, 15) is 13.2 Å². The number of fused-ring (bicyclic) bond motifs is 2. The lowest BCUT2D eigenvalue weighted by atomic mass is 9.86. The quantitative estimate of drug-likeness (QED) is 0.359. The minimum Gasteiger partial charge on any atom is -0.389 e. The molecule has 0 fully saturated rings. The van der Waals surface area contributed by atoms with Crippen LogP contribution in [0.3, 0.4) is 0 Å². The summed E-state index contributed by atoms with van der Waals surface area (Å²) in [4.78, 5) is 0. The summed E-state index contributed by atoms with van der Waals surface area (Å²) in [6, 6.07) is 7.51. The van der Waals surface area contributed by atoms with E-state index in [-0.39, 0.29) is 20.6 Å². The molecule has 2 aliphatic heterocycles. The molecule has 0 saturated heterocycles. The van der Waals surface area contributed by atoms with Crippen molar-refractivity contribution in [2.75, 3.05) is 0 Å². The number of nitrogens with zero attached hydrogens (tertiary/aromatic N) is 2. The maximum atomic E-state index is 15.1. The largest absolute Gasteiger partial charge is 0.738 e. The molecule has 0 radical (unpaired) electrons. The number of rotatable bonds is 1. The number of allylic oxidation sites excluding steroid dienone is 2. The zero-order valence-electron chi connectivity index (χ0n) is 12.7. The number of aromatic nitrogens is 1. The molecule has 0 spiro atoms. The number of hydrogen-bond acceptors (Lipinski definition) is 0. The molecule has 1 aromatic heterocycles. The van der Waals surface area contributed by atoms with E-state index >= 15 is 8.63 Å². The van der Waals surface area contributed by atoms with Gasteiger partial charge in [-0.1, -0.05) is 12.1 Å². The lowest BCUT2D eigenvalue weighted by Crippen LogP contribution is -2.50. The zero-order valence-corrected chi connectivity index (χ0v) is 15.9. The first-order chi connectivity index (χ1) is 12.1. The van der Waals surface area contributed by atoms with Crippen molar-refractivity contribution in [2.45, 2.75) is 6.18 Å². The maximum absolute atomic E-state index is 15.1. The molecule has 2 aliphatic rings. The smallest absolute Gasteiger partial charge is 0.389 e. The van der Waals surface area contributed by atoms with E-state index in [0.717, 1.165) is 21.1 Å². The number of halogens is 7. The van der Waals surface area contributed by atoms with Crippen molar-refractivity contribution < 1.29 is 26.3 Å². The zero-order chi connectivity index (χ0) is 18.9. The summed E-state index contributed by atoms with van der Waals surface area (Å²) in [6.45, 7) is -4.15. The summed E-state index contributed by atoms with van der Waals surface area (Å²) in [7, 11) is 0. The average molecular weight is 494 g/mol. The molecule has 4 rings (SSSR count). The van der Waals surface area contributed by atoms with Crippen LogP contribution in [-0.4, -0.2) is 20.6 Å². The molecule has 0 aliphatic carbocycles. The number of hydrogen-bond donors (Lipinski definition) is 0. The first kappa shape index (κ1) is 17.7. The molecule has 0 bridgehead atoms. The predicted octanol–water partition coefficient (Wildman–Crippen LogP) is 5.64. The Bertz CT molecular complexity index is 1020. The fourth-order valence-electron chi connectivity index (χ4n) is 3.25. The highest BCUT2D eigenvalue weighted by molar-refractivity contribution is 9.18. The van der Waals surface area contributed by atoms with Crippen molar-refractivity contribution in [1.29, 1.82) is 0 Å². The second-order valence-electron chi connectivity index (χ2n) is 5.86. The summed E-state index contributed by atoms with van der Waals surface area (Å²) in [6.07, 6.45) is -1.44. The van der Waals surface area contributed by atoms with Crippen LogP contribution in [0.4, 0.5) is 21.8 Å². The first-order valence-electron chi connectivity index (χ1n) is 7.43. The van der Waals surface area contributed by atoms with Gasteiger partial charge in [-0.15, -0.1) is 0 Å². The highest BCUT2D eigenvalue weighted by Gasteiger charge is 2.54. The van der Waals surface area contributed by atoms with Gasteiger partial charge in [0.15, 0.2) is 5.70 Å². The molecular weight excluding hydrogens is 486 g/mol. The SMILES string of the molecule is F[B-]1(F)n2c(Br)ccc2C(c2ccc(C(F)(F)F)cc2)=C2C=CC(Br)=[N+]21. The minimum absolute atomic E-state index is 0.188. The first-order valence-corrected chi connectivity index (χ1v) is 9.02. The second kappa shape index (κ2) is 5.66. The van der Waals surface area contributed by atoms with E-state index in [1.54, 1.807) is 0 Å². The molecule has 26 heavy (non-hydrogen) atoms. The van der Waals surface area contributed by atoms with Gasteiger partial charge in [-0.25, -0.2) is 0 Å². The van der Waals surface area contributed by atoms with E-state index in [0.29, 0.717) is 11.1 Å². The predicted molar refractivity (Wildman–Crippen MR) is 96.3 cm³/mol. The highest BCUT2D eigenvalue weighted by Crippen LogP contribution is 2.42. The van der Waals surface area contributed by atoms with Crippen molar-refractivity contribution in [2.24, 2.45) is 0 Å². The van der Waals surface area contributed by atoms with Crippen LogP contribution in [0.15, 0.2) is 58.9 Å². The number of benzene rings is 1. The van der Waals surface area contributed by atoms with E-state index in [1.807, 2.05) is 0 Å². The maximum Gasteiger partial charge on any atom is 0.738 e. The summed E-state index contributed by atoms with van der Waals surface area (Å²) < 4.78 is 70.7. The van der Waals surface area contributed by atoms with Gasteiger partial charge in [-0.3, -0.25) is 0 Å². The van der Waals surface area contributed by atoms with Crippen LogP contribution in [0.5, 0.6) is 0 Å². The van der Waals surface area contributed by atoms with Gasteiger partial charge in [0.05, 0.1) is 15.7 Å². The van der Waals surface area contributed by atoms with Gasteiger partial charge < -0.3 is 17.6 Å². The molecule has 0 N–H and O–H groups in total. The summed E-state index contributed by atoms with van der Waals surface area (Å²) >= 11 is 6.28. The molecule has 2 nitrogen and oxygen atoms in total. The third-order valence-electron chi connectivity index (χ3n) is 4.37. The van der Waals surface area contributed by atoms with Crippen molar-refractivity contribution in [3.63, 3.8) is 0 Å². The van der Waals surface area contributed by atoms with Crippen LogP contribution in [0.2, 0.25) is 0 Å². The minimum atomic E-state index is -4.46. The van der Waals surface area contributed by atoms with Gasteiger partial charge >= 0.3 is 13.1 Å². The van der Waals surface area contributed by atoms with Crippen molar-refractivity contribution in [3.8, 4) is 0 Å². The van der Waals surface area contributed by atoms with Crippen LogP contribution in [0.25, 0.3) is 5.57 Å². The van der Waals surface area contributed by atoms with Crippen LogP contribution in [0, 0.1) is 0 Å². The van der Waals surface area contributed by atoms with Gasteiger partial charge in [0.25, 0.3) is 0 Å². The normalized spacial score (nSPS) is 18.4. The summed E-state index contributed by atoms with van der Waals surface area (Å²) in [5.74, 6) is 0. The van der Waals surface area contributed by atoms with Crippen LogP contribution >= 0.6 is 31.9 Å². The lowest BCUT2D eigenvalue weighted by Gasteiger charge is -2.32. The van der Waals surface area contributed by atoms with Crippen LogP contribution < -0.4 is 0 Å². The monoisotopic (exact) mass is 492 g/mol. The van der Waals surface area contributed by atoms with Gasteiger partial charge in [0.1, 0.15) is 0 Å². The van der Waals surface area contributed by atoms with E-state index < -0.39 is 18.7 Å². The Morgan fingerprint density at radius 2 is 1.58 bits per heavy atom.